The summed E-state index contributed by atoms with van der Waals surface area (Å²) >= 11 is 18.1. The molecule has 0 saturated heterocycles. The molecule has 7 heteroatoms. The van der Waals surface area contributed by atoms with Crippen LogP contribution in [0.4, 0.5) is 0 Å². The van der Waals surface area contributed by atoms with Gasteiger partial charge in [0, 0.05) is 28.2 Å². The molecule has 0 fully saturated rings. The molecular formula is C20H21Cl3N2O2. The van der Waals surface area contributed by atoms with Crippen LogP contribution in [0.25, 0.3) is 0 Å². The smallest absolute Gasteiger partial charge is 0.242 e. The minimum Gasteiger partial charge on any atom is -0.355 e. The Balaban J connectivity index is 2.25. The Morgan fingerprint density at radius 3 is 2.26 bits per heavy atom. The number of likely N-dealkylation sites (N-methyl/N-ethyl adjacent to an activating group) is 1. The van der Waals surface area contributed by atoms with E-state index in [1.54, 1.807) is 42.2 Å². The van der Waals surface area contributed by atoms with Crippen LogP contribution in [0.3, 0.4) is 0 Å². The molecule has 1 N–H and O–H groups in total. The van der Waals surface area contributed by atoms with E-state index in [9.17, 15) is 9.59 Å². The highest BCUT2D eigenvalue weighted by Gasteiger charge is 2.26. The van der Waals surface area contributed by atoms with Gasteiger partial charge in [-0.3, -0.25) is 9.59 Å². The van der Waals surface area contributed by atoms with Crippen LogP contribution in [0.2, 0.25) is 15.1 Å². The first kappa shape index (κ1) is 21.5. The number of hydrogen-bond donors (Lipinski definition) is 1. The van der Waals surface area contributed by atoms with E-state index in [-0.39, 0.29) is 18.2 Å². The summed E-state index contributed by atoms with van der Waals surface area (Å²) in [4.78, 5) is 26.9. The summed E-state index contributed by atoms with van der Waals surface area (Å²) in [6.07, 6.45) is 0.0767. The first-order valence-electron chi connectivity index (χ1n) is 8.57. The molecule has 2 amide bonds. The minimum atomic E-state index is -0.626. The maximum atomic E-state index is 13.0. The van der Waals surface area contributed by atoms with Crippen LogP contribution in [-0.2, 0) is 22.6 Å². The molecular weight excluding hydrogens is 407 g/mol. The number of carbonyl (C=O) groups excluding carboxylic acids is 2. The van der Waals surface area contributed by atoms with Crippen LogP contribution in [-0.4, -0.2) is 29.3 Å². The van der Waals surface area contributed by atoms with Gasteiger partial charge >= 0.3 is 0 Å². The van der Waals surface area contributed by atoms with Crippen molar-refractivity contribution in [1.29, 1.82) is 0 Å². The zero-order valence-corrected chi connectivity index (χ0v) is 17.4. The molecule has 27 heavy (non-hydrogen) atoms. The molecule has 2 aromatic rings. The Hall–Kier alpha value is -1.75. The van der Waals surface area contributed by atoms with Crippen LogP contribution >= 0.6 is 34.8 Å². The second kappa shape index (κ2) is 9.98. The molecule has 0 aliphatic rings. The Kier molecular flexibility index (Phi) is 7.96. The molecule has 4 nitrogen and oxygen atoms in total. The average Bonchev–Trinajstić information content (AvgIpc) is 2.63. The maximum Gasteiger partial charge on any atom is 0.242 e. The molecule has 0 spiro atoms. The first-order chi connectivity index (χ1) is 12.8. The SMILES string of the molecule is CCNC(=O)[C@@H](C)N(Cc1ccc(Cl)cc1)C(=O)Cc1ccc(Cl)cc1Cl. The Morgan fingerprint density at radius 2 is 1.67 bits per heavy atom. The number of hydrogen-bond acceptors (Lipinski definition) is 2. The van der Waals surface area contributed by atoms with E-state index in [0.29, 0.717) is 33.7 Å². The van der Waals surface area contributed by atoms with Gasteiger partial charge in [0.25, 0.3) is 0 Å². The fourth-order valence-electron chi connectivity index (χ4n) is 2.62. The minimum absolute atomic E-state index is 0.0767. The summed E-state index contributed by atoms with van der Waals surface area (Å²) in [6, 6.07) is 11.6. The molecule has 0 heterocycles. The third-order valence-electron chi connectivity index (χ3n) is 4.14. The van der Waals surface area contributed by atoms with E-state index in [1.807, 2.05) is 19.1 Å². The summed E-state index contributed by atoms with van der Waals surface area (Å²) < 4.78 is 0. The first-order valence-corrected chi connectivity index (χ1v) is 9.70. The van der Waals surface area contributed by atoms with Gasteiger partial charge in [0.05, 0.1) is 6.42 Å². The van der Waals surface area contributed by atoms with E-state index in [0.717, 1.165) is 5.56 Å². The molecule has 0 aliphatic carbocycles. The molecule has 0 bridgehead atoms. The second-order valence-electron chi connectivity index (χ2n) is 6.13. The Bertz CT molecular complexity index is 809. The number of nitrogens with zero attached hydrogens (tertiary/aromatic N) is 1. The molecule has 0 aromatic heterocycles. The fourth-order valence-corrected chi connectivity index (χ4v) is 3.22. The van der Waals surface area contributed by atoms with Crippen molar-refractivity contribution in [2.24, 2.45) is 0 Å². The largest absolute Gasteiger partial charge is 0.355 e. The van der Waals surface area contributed by atoms with Crippen LogP contribution in [0.15, 0.2) is 42.5 Å². The zero-order chi connectivity index (χ0) is 20.0. The molecule has 144 valence electrons. The van der Waals surface area contributed by atoms with Gasteiger partial charge in [0.2, 0.25) is 11.8 Å². The van der Waals surface area contributed by atoms with Gasteiger partial charge < -0.3 is 10.2 Å². The van der Waals surface area contributed by atoms with Crippen LogP contribution in [0.1, 0.15) is 25.0 Å². The predicted octanol–water partition coefficient (Wildman–Crippen LogP) is 4.74. The van der Waals surface area contributed by atoms with Crippen LogP contribution in [0.5, 0.6) is 0 Å². The van der Waals surface area contributed by atoms with Crippen molar-refractivity contribution in [1.82, 2.24) is 10.2 Å². The summed E-state index contributed by atoms with van der Waals surface area (Å²) in [5.74, 6) is -0.407. The van der Waals surface area contributed by atoms with Gasteiger partial charge in [-0.15, -0.1) is 0 Å². The molecule has 2 aromatic carbocycles. The molecule has 2 rings (SSSR count). The average molecular weight is 428 g/mol. The standard InChI is InChI=1S/C20H21Cl3N2O2/c1-3-24-20(27)13(2)25(12-14-4-7-16(21)8-5-14)19(26)10-15-6-9-17(22)11-18(15)23/h4-9,11,13H,3,10,12H2,1-2H3,(H,24,27)/t13-/m1/s1. The van der Waals surface area contributed by atoms with Crippen molar-refractivity contribution in [2.75, 3.05) is 6.54 Å². The van der Waals surface area contributed by atoms with Gasteiger partial charge in [0.15, 0.2) is 0 Å². The highest BCUT2D eigenvalue weighted by Crippen LogP contribution is 2.23. The number of rotatable bonds is 7. The highest BCUT2D eigenvalue weighted by molar-refractivity contribution is 6.35. The molecule has 0 unspecified atom stereocenters. The lowest BCUT2D eigenvalue weighted by atomic mass is 10.1. The molecule has 1 atom stereocenters. The summed E-state index contributed by atoms with van der Waals surface area (Å²) in [5, 5.41) is 4.30. The number of carbonyl (C=O) groups is 2. The maximum absolute atomic E-state index is 13.0. The predicted molar refractivity (Wildman–Crippen MR) is 110 cm³/mol. The van der Waals surface area contributed by atoms with Crippen molar-refractivity contribution in [3.05, 3.63) is 68.7 Å². The van der Waals surface area contributed by atoms with E-state index in [1.165, 1.54) is 0 Å². The molecule has 0 saturated carbocycles. The van der Waals surface area contributed by atoms with Gasteiger partial charge in [-0.25, -0.2) is 0 Å². The van der Waals surface area contributed by atoms with Crippen molar-refractivity contribution in [3.63, 3.8) is 0 Å². The lowest BCUT2D eigenvalue weighted by Gasteiger charge is -2.29. The second-order valence-corrected chi connectivity index (χ2v) is 7.41. The molecule has 0 radical (unpaired) electrons. The van der Waals surface area contributed by atoms with E-state index in [2.05, 4.69) is 5.32 Å². The highest BCUT2D eigenvalue weighted by atomic mass is 35.5. The Labute approximate surface area is 174 Å². The lowest BCUT2D eigenvalue weighted by molar-refractivity contribution is -0.140. The van der Waals surface area contributed by atoms with Crippen LogP contribution < -0.4 is 5.32 Å². The Morgan fingerprint density at radius 1 is 1.04 bits per heavy atom. The quantitative estimate of drug-likeness (QED) is 0.693. The van der Waals surface area contributed by atoms with Crippen molar-refractivity contribution in [2.45, 2.75) is 32.9 Å². The van der Waals surface area contributed by atoms with Gasteiger partial charge in [-0.1, -0.05) is 53.0 Å². The zero-order valence-electron chi connectivity index (χ0n) is 15.1. The van der Waals surface area contributed by atoms with Crippen molar-refractivity contribution < 1.29 is 9.59 Å². The van der Waals surface area contributed by atoms with E-state index in [4.69, 9.17) is 34.8 Å². The number of benzene rings is 2. The number of halogens is 3. The summed E-state index contributed by atoms with van der Waals surface area (Å²) in [7, 11) is 0. The van der Waals surface area contributed by atoms with Crippen molar-refractivity contribution in [3.8, 4) is 0 Å². The number of nitrogens with one attached hydrogen (secondary N) is 1. The van der Waals surface area contributed by atoms with Crippen molar-refractivity contribution >= 4 is 46.6 Å². The summed E-state index contributed by atoms with van der Waals surface area (Å²) in [5.41, 5.74) is 1.54. The van der Waals surface area contributed by atoms with Crippen LogP contribution in [0, 0.1) is 0 Å². The van der Waals surface area contributed by atoms with E-state index >= 15 is 0 Å². The topological polar surface area (TPSA) is 49.4 Å². The monoisotopic (exact) mass is 426 g/mol. The normalized spacial score (nSPS) is 11.7. The van der Waals surface area contributed by atoms with Gasteiger partial charge in [-0.05, 0) is 49.2 Å². The fraction of sp³-hybridized carbons (Fsp3) is 0.300. The third kappa shape index (κ3) is 6.13. The van der Waals surface area contributed by atoms with E-state index < -0.39 is 6.04 Å². The van der Waals surface area contributed by atoms with Gasteiger partial charge in [0.1, 0.15) is 6.04 Å². The lowest BCUT2D eigenvalue weighted by Crippen LogP contribution is -2.48. The van der Waals surface area contributed by atoms with Gasteiger partial charge in [-0.2, -0.15) is 0 Å². The number of amides is 2. The summed E-state index contributed by atoms with van der Waals surface area (Å²) in [6.45, 7) is 4.33. The molecule has 0 aliphatic heterocycles. The third-order valence-corrected chi connectivity index (χ3v) is 4.98.